The van der Waals surface area contributed by atoms with E-state index in [1.807, 2.05) is 0 Å². The molecule has 3 aromatic rings. The van der Waals surface area contributed by atoms with Gasteiger partial charge in [0.25, 0.3) is 11.6 Å². The van der Waals surface area contributed by atoms with Crippen LogP contribution >= 0.6 is 0 Å². The van der Waals surface area contributed by atoms with Crippen LogP contribution in [0.5, 0.6) is 17.2 Å². The first-order valence-corrected chi connectivity index (χ1v) is 12.0. The number of anilines is 2. The largest absolute Gasteiger partial charge is 0.497 e. The van der Waals surface area contributed by atoms with Gasteiger partial charge in [-0.3, -0.25) is 20.3 Å². The summed E-state index contributed by atoms with van der Waals surface area (Å²) in [5.41, 5.74) is 3.08. The Morgan fingerprint density at radius 1 is 1.05 bits per heavy atom. The molecule has 0 aliphatic heterocycles. The number of benzene rings is 3. The lowest BCUT2D eigenvalue weighted by atomic mass is 10.2. The Kier molecular flexibility index (Phi) is 8.60. The van der Waals surface area contributed by atoms with E-state index in [4.69, 9.17) is 19.3 Å². The molecule has 0 saturated carbocycles. The normalized spacial score (nSPS) is 11.1. The number of amides is 1. The number of sulfonamides is 1. The Bertz CT molecular complexity index is 1430. The van der Waals surface area contributed by atoms with Gasteiger partial charge in [0.15, 0.2) is 18.1 Å². The van der Waals surface area contributed by atoms with Gasteiger partial charge in [-0.05, 0) is 60.2 Å². The molecule has 0 radical (unpaired) electrons. The summed E-state index contributed by atoms with van der Waals surface area (Å²) in [4.78, 5) is 22.4. The number of ether oxygens (including phenoxy) is 3. The molecule has 14 heteroatoms. The first-order valence-electron chi connectivity index (χ1n) is 10.5. The van der Waals surface area contributed by atoms with E-state index in [1.165, 1.54) is 19.4 Å². The Morgan fingerprint density at radius 3 is 2.41 bits per heavy atom. The van der Waals surface area contributed by atoms with Crippen LogP contribution in [0.3, 0.4) is 0 Å². The maximum Gasteiger partial charge on any atom is 0.295 e. The second-order valence-corrected chi connectivity index (χ2v) is 8.89. The van der Waals surface area contributed by atoms with Crippen LogP contribution in [0, 0.1) is 10.1 Å². The number of primary sulfonamides is 1. The molecule has 0 aliphatic carbocycles. The Labute approximate surface area is 212 Å². The van der Waals surface area contributed by atoms with Crippen LogP contribution < -0.4 is 30.1 Å². The summed E-state index contributed by atoms with van der Waals surface area (Å²) in [5.74, 6) is 0.921. The number of nitro groups is 1. The number of carbonyl (C=O) groups is 1. The van der Waals surface area contributed by atoms with Crippen molar-refractivity contribution in [1.29, 1.82) is 0 Å². The zero-order valence-electron chi connectivity index (χ0n) is 19.7. The van der Waals surface area contributed by atoms with Crippen molar-refractivity contribution in [3.05, 3.63) is 76.3 Å². The monoisotopic (exact) mass is 529 g/mol. The van der Waals surface area contributed by atoms with Crippen LogP contribution in [0.25, 0.3) is 0 Å². The van der Waals surface area contributed by atoms with Crippen molar-refractivity contribution in [1.82, 2.24) is 0 Å². The smallest absolute Gasteiger partial charge is 0.295 e. The van der Waals surface area contributed by atoms with Crippen LogP contribution in [0.1, 0.15) is 5.56 Å². The molecule has 0 unspecified atom stereocenters. The van der Waals surface area contributed by atoms with E-state index in [0.717, 1.165) is 12.1 Å². The number of methoxy groups -OCH3 is 2. The molecule has 0 aromatic heterocycles. The summed E-state index contributed by atoms with van der Waals surface area (Å²) in [5, 5.41) is 23.0. The highest BCUT2D eigenvalue weighted by Crippen LogP contribution is 2.29. The molecular formula is C23H23N5O8S. The predicted octanol–water partition coefficient (Wildman–Crippen LogP) is 2.72. The summed E-state index contributed by atoms with van der Waals surface area (Å²) in [6.07, 6.45) is 1.36. The van der Waals surface area contributed by atoms with Crippen LogP contribution in [-0.2, 0) is 14.8 Å². The molecule has 3 rings (SSSR count). The molecule has 0 atom stereocenters. The number of nitrogens with two attached hydrogens (primary N) is 1. The predicted molar refractivity (Wildman–Crippen MR) is 136 cm³/mol. The summed E-state index contributed by atoms with van der Waals surface area (Å²) < 4.78 is 38.8. The highest BCUT2D eigenvalue weighted by molar-refractivity contribution is 7.89. The number of nitro benzene ring substituents is 1. The van der Waals surface area contributed by atoms with Gasteiger partial charge in [0.1, 0.15) is 11.4 Å². The van der Waals surface area contributed by atoms with Crippen LogP contribution in [0.4, 0.5) is 17.1 Å². The van der Waals surface area contributed by atoms with Gasteiger partial charge >= 0.3 is 0 Å². The van der Waals surface area contributed by atoms with Crippen molar-refractivity contribution < 1.29 is 32.3 Å². The number of hydrazone groups is 1. The second-order valence-electron chi connectivity index (χ2n) is 7.33. The molecule has 3 aromatic carbocycles. The summed E-state index contributed by atoms with van der Waals surface area (Å²) in [7, 11) is -1.13. The van der Waals surface area contributed by atoms with Crippen molar-refractivity contribution in [2.24, 2.45) is 10.2 Å². The SMILES string of the molecule is COc1ccc(NC(=O)COc2ccc(C=NNc3ccc(S(N)(=O)=O)cc3[N+](=O)[O-])cc2OC)cc1. The third-order valence-corrected chi connectivity index (χ3v) is 5.72. The quantitative estimate of drug-likeness (QED) is 0.191. The van der Waals surface area contributed by atoms with E-state index in [-0.39, 0.29) is 18.2 Å². The molecule has 0 heterocycles. The number of nitrogens with zero attached hydrogens (tertiary/aromatic N) is 2. The fourth-order valence-corrected chi connectivity index (χ4v) is 3.54. The molecule has 1 amide bonds. The highest BCUT2D eigenvalue weighted by atomic mass is 32.2. The van der Waals surface area contributed by atoms with Crippen molar-refractivity contribution >= 4 is 39.2 Å². The molecule has 13 nitrogen and oxygen atoms in total. The average molecular weight is 530 g/mol. The van der Waals surface area contributed by atoms with E-state index < -0.39 is 25.5 Å². The van der Waals surface area contributed by atoms with Crippen molar-refractivity contribution in [2.75, 3.05) is 31.6 Å². The molecule has 0 bridgehead atoms. The van der Waals surface area contributed by atoms with Gasteiger partial charge in [0, 0.05) is 11.8 Å². The van der Waals surface area contributed by atoms with E-state index in [2.05, 4.69) is 15.8 Å². The number of carbonyl (C=O) groups excluding carboxylic acids is 1. The minimum atomic E-state index is -4.11. The maximum atomic E-state index is 12.2. The lowest BCUT2D eigenvalue weighted by Gasteiger charge is -2.11. The fraction of sp³-hybridized carbons (Fsp3) is 0.130. The molecule has 0 fully saturated rings. The number of hydrogen-bond acceptors (Lipinski definition) is 10. The molecule has 194 valence electrons. The summed E-state index contributed by atoms with van der Waals surface area (Å²) in [6, 6.07) is 14.8. The highest BCUT2D eigenvalue weighted by Gasteiger charge is 2.19. The fourth-order valence-electron chi connectivity index (χ4n) is 3.01. The number of nitrogens with one attached hydrogen (secondary N) is 2. The second kappa shape index (κ2) is 11.8. The van der Waals surface area contributed by atoms with Crippen LogP contribution in [0.15, 0.2) is 70.7 Å². The molecule has 0 saturated heterocycles. The maximum absolute atomic E-state index is 12.2. The third-order valence-electron chi connectivity index (χ3n) is 4.81. The van der Waals surface area contributed by atoms with Gasteiger partial charge in [-0.2, -0.15) is 5.10 Å². The van der Waals surface area contributed by atoms with Gasteiger partial charge in [-0.15, -0.1) is 0 Å². The molecule has 4 N–H and O–H groups in total. The average Bonchev–Trinajstić information content (AvgIpc) is 2.87. The molecule has 0 spiro atoms. The Morgan fingerprint density at radius 2 is 1.78 bits per heavy atom. The Hall–Kier alpha value is -4.69. The standard InChI is InChI=1S/C23H23N5O8S/c1-34-17-6-4-16(5-7-17)26-23(29)14-36-21-10-3-15(11-22(21)35-2)13-25-27-19-9-8-18(37(24,32)33)12-20(19)28(30)31/h3-13,27H,14H2,1-2H3,(H,26,29)(H2,24,32,33). The zero-order valence-corrected chi connectivity index (χ0v) is 20.5. The number of rotatable bonds is 11. The third kappa shape index (κ3) is 7.39. The summed E-state index contributed by atoms with van der Waals surface area (Å²) in [6.45, 7) is -0.268. The lowest BCUT2D eigenvalue weighted by Crippen LogP contribution is -2.20. The first kappa shape index (κ1) is 26.9. The van der Waals surface area contributed by atoms with Gasteiger partial charge in [0.05, 0.1) is 30.3 Å². The Balaban J connectivity index is 1.64. The van der Waals surface area contributed by atoms with Crippen molar-refractivity contribution in [3.8, 4) is 17.2 Å². The minimum absolute atomic E-state index is 0.0385. The van der Waals surface area contributed by atoms with Crippen molar-refractivity contribution in [2.45, 2.75) is 4.90 Å². The number of hydrogen-bond donors (Lipinski definition) is 3. The molecule has 37 heavy (non-hydrogen) atoms. The van der Waals surface area contributed by atoms with Gasteiger partial charge < -0.3 is 19.5 Å². The molecule has 0 aliphatic rings. The van der Waals surface area contributed by atoms with E-state index in [1.54, 1.807) is 49.6 Å². The van der Waals surface area contributed by atoms with Crippen LogP contribution in [0.2, 0.25) is 0 Å². The minimum Gasteiger partial charge on any atom is -0.497 e. The lowest BCUT2D eigenvalue weighted by molar-refractivity contribution is -0.384. The molecular weight excluding hydrogens is 506 g/mol. The van der Waals surface area contributed by atoms with Crippen LogP contribution in [-0.4, -0.2) is 46.3 Å². The van der Waals surface area contributed by atoms with Gasteiger partial charge in [-0.25, -0.2) is 13.6 Å². The van der Waals surface area contributed by atoms with Gasteiger partial charge in [0.2, 0.25) is 10.0 Å². The van der Waals surface area contributed by atoms with Gasteiger partial charge in [-0.1, -0.05) is 0 Å². The topological polar surface area (TPSA) is 184 Å². The van der Waals surface area contributed by atoms with E-state index >= 15 is 0 Å². The zero-order chi connectivity index (χ0) is 27.0. The summed E-state index contributed by atoms with van der Waals surface area (Å²) >= 11 is 0. The van der Waals surface area contributed by atoms with Crippen molar-refractivity contribution in [3.63, 3.8) is 0 Å². The first-order chi connectivity index (χ1) is 17.6. The van der Waals surface area contributed by atoms with E-state index in [0.29, 0.717) is 28.5 Å². The van der Waals surface area contributed by atoms with E-state index in [9.17, 15) is 23.3 Å².